The second-order valence-electron chi connectivity index (χ2n) is 8.61. The number of alkyl halides is 1. The predicted octanol–water partition coefficient (Wildman–Crippen LogP) is 4.26. The Hall–Kier alpha value is -1.62. The van der Waals surface area contributed by atoms with Crippen molar-refractivity contribution < 1.29 is 13.9 Å². The summed E-state index contributed by atoms with van der Waals surface area (Å²) >= 11 is 0. The van der Waals surface area contributed by atoms with E-state index in [2.05, 4.69) is 29.6 Å². The van der Waals surface area contributed by atoms with Gasteiger partial charge in [0.2, 0.25) is 0 Å². The van der Waals surface area contributed by atoms with Gasteiger partial charge in [-0.2, -0.15) is 0 Å². The molecule has 148 valence electrons. The van der Waals surface area contributed by atoms with Crippen molar-refractivity contribution in [2.75, 3.05) is 26.2 Å². The summed E-state index contributed by atoms with van der Waals surface area (Å²) in [6.45, 7) is 1.81. The third-order valence-electron chi connectivity index (χ3n) is 6.53. The van der Waals surface area contributed by atoms with Gasteiger partial charge in [0.05, 0.1) is 6.61 Å². The molecule has 1 aromatic rings. The Morgan fingerprint density at radius 3 is 2.59 bits per heavy atom. The first-order valence-electron chi connectivity index (χ1n) is 10.5. The van der Waals surface area contributed by atoms with Crippen LogP contribution in [0.2, 0.25) is 0 Å². The highest BCUT2D eigenvalue weighted by Crippen LogP contribution is 2.41. The van der Waals surface area contributed by atoms with Crippen molar-refractivity contribution in [2.45, 2.75) is 62.6 Å². The van der Waals surface area contributed by atoms with Gasteiger partial charge in [0, 0.05) is 44.4 Å². The number of nitrogens with one attached hydrogen (secondary N) is 1. The lowest BCUT2D eigenvalue weighted by molar-refractivity contribution is 0.0384. The zero-order chi connectivity index (χ0) is 18.7. The molecule has 0 aromatic heterocycles. The summed E-state index contributed by atoms with van der Waals surface area (Å²) in [6.07, 6.45) is 6.42. The summed E-state index contributed by atoms with van der Waals surface area (Å²) in [5.41, 5.74) is 0.120. The number of hydrogen-bond acceptors (Lipinski definition) is 3. The van der Waals surface area contributed by atoms with Crippen molar-refractivity contribution in [1.29, 1.82) is 0 Å². The summed E-state index contributed by atoms with van der Waals surface area (Å²) in [5, 5.41) is 3.41. The Balaban J connectivity index is 1.16. The maximum absolute atomic E-state index is 15.1. The molecule has 0 bridgehead atoms. The van der Waals surface area contributed by atoms with Crippen molar-refractivity contribution >= 4 is 6.09 Å². The number of benzene rings is 1. The van der Waals surface area contributed by atoms with Crippen LogP contribution in [0.5, 0.6) is 0 Å². The molecule has 0 spiro atoms. The fourth-order valence-electron chi connectivity index (χ4n) is 4.53. The van der Waals surface area contributed by atoms with Crippen LogP contribution >= 0.6 is 0 Å². The number of nitrogens with zero attached hydrogens (tertiary/aromatic N) is 1. The second kappa shape index (κ2) is 8.17. The molecule has 4 rings (SSSR count). The number of carbonyl (C=O) groups is 1. The first-order valence-corrected chi connectivity index (χ1v) is 10.5. The van der Waals surface area contributed by atoms with Gasteiger partial charge in [-0.15, -0.1) is 0 Å². The Bertz CT molecular complexity index is 624. The monoisotopic (exact) mass is 374 g/mol. The molecule has 1 aliphatic heterocycles. The number of amides is 1. The van der Waals surface area contributed by atoms with E-state index < -0.39 is 5.67 Å². The number of piperidine rings is 1. The summed E-state index contributed by atoms with van der Waals surface area (Å²) in [4.78, 5) is 13.9. The van der Waals surface area contributed by atoms with Gasteiger partial charge >= 0.3 is 6.09 Å². The van der Waals surface area contributed by atoms with Crippen LogP contribution in [0, 0.1) is 5.92 Å². The quantitative estimate of drug-likeness (QED) is 0.809. The van der Waals surface area contributed by atoms with E-state index in [4.69, 9.17) is 4.74 Å². The number of carbonyl (C=O) groups excluding carboxylic acids is 1. The van der Waals surface area contributed by atoms with E-state index in [-0.39, 0.29) is 6.09 Å². The van der Waals surface area contributed by atoms with Gasteiger partial charge in [-0.05, 0) is 30.7 Å². The average molecular weight is 375 g/mol. The smallest absolute Gasteiger partial charge is 0.409 e. The largest absolute Gasteiger partial charge is 0.449 e. The first-order chi connectivity index (χ1) is 13.1. The molecule has 5 heteroatoms. The molecule has 3 fully saturated rings. The molecule has 1 amide bonds. The third-order valence-corrected chi connectivity index (χ3v) is 6.53. The lowest BCUT2D eigenvalue weighted by Gasteiger charge is -2.36. The minimum Gasteiger partial charge on any atom is -0.449 e. The zero-order valence-corrected chi connectivity index (χ0v) is 16.0. The van der Waals surface area contributed by atoms with Gasteiger partial charge in [0.25, 0.3) is 0 Å². The molecule has 1 N–H and O–H groups in total. The van der Waals surface area contributed by atoms with Crippen LogP contribution < -0.4 is 5.32 Å². The van der Waals surface area contributed by atoms with Crippen LogP contribution in [0.15, 0.2) is 30.3 Å². The van der Waals surface area contributed by atoms with Gasteiger partial charge in [0.15, 0.2) is 0 Å². The van der Waals surface area contributed by atoms with Crippen molar-refractivity contribution in [3.05, 3.63) is 35.9 Å². The number of ether oxygens (including phenoxy) is 1. The Morgan fingerprint density at radius 2 is 1.89 bits per heavy atom. The molecule has 0 radical (unpaired) electrons. The van der Waals surface area contributed by atoms with Crippen molar-refractivity contribution in [3.8, 4) is 0 Å². The van der Waals surface area contributed by atoms with Gasteiger partial charge in [-0.1, -0.05) is 43.2 Å². The SMILES string of the molecule is O=C(OCC1CCCC1)N1CCC(F)(CN[C@@H]2C[C@H]2c2ccccc2)CC1. The predicted molar refractivity (Wildman–Crippen MR) is 104 cm³/mol. The molecule has 1 aromatic carbocycles. The van der Waals surface area contributed by atoms with E-state index in [0.717, 1.165) is 19.3 Å². The molecule has 0 unspecified atom stereocenters. The molecule has 27 heavy (non-hydrogen) atoms. The van der Waals surface area contributed by atoms with Gasteiger partial charge in [0.1, 0.15) is 5.67 Å². The van der Waals surface area contributed by atoms with E-state index in [1.165, 1.54) is 18.4 Å². The maximum Gasteiger partial charge on any atom is 0.409 e. The lowest BCUT2D eigenvalue weighted by Crippen LogP contribution is -2.49. The van der Waals surface area contributed by atoms with Crippen molar-refractivity contribution in [3.63, 3.8) is 0 Å². The highest BCUT2D eigenvalue weighted by molar-refractivity contribution is 5.67. The van der Waals surface area contributed by atoms with Gasteiger partial charge in [-0.3, -0.25) is 0 Å². The normalized spacial score (nSPS) is 27.5. The van der Waals surface area contributed by atoms with Gasteiger partial charge in [-0.25, -0.2) is 9.18 Å². The summed E-state index contributed by atoms with van der Waals surface area (Å²) in [7, 11) is 0. The standard InChI is InChI=1S/C22H31FN2O2/c23-22(16-24-20-14-19(20)18-8-2-1-3-9-18)10-12-25(13-11-22)21(26)27-15-17-6-4-5-7-17/h1-3,8-9,17,19-20,24H,4-7,10-16H2/t19-,20+/m0/s1. The second-order valence-corrected chi connectivity index (χ2v) is 8.61. The molecule has 4 nitrogen and oxygen atoms in total. The van der Waals surface area contributed by atoms with Crippen LogP contribution in [-0.2, 0) is 4.74 Å². The van der Waals surface area contributed by atoms with E-state index in [1.54, 1.807) is 4.90 Å². The van der Waals surface area contributed by atoms with Crippen molar-refractivity contribution in [2.24, 2.45) is 5.92 Å². The molecule has 2 aliphatic carbocycles. The number of hydrogen-bond donors (Lipinski definition) is 1. The lowest BCUT2D eigenvalue weighted by atomic mass is 9.93. The fourth-order valence-corrected chi connectivity index (χ4v) is 4.53. The number of likely N-dealkylation sites (tertiary alicyclic amines) is 1. The van der Waals surface area contributed by atoms with E-state index in [0.29, 0.717) is 57.0 Å². The molecule has 3 aliphatic rings. The summed E-state index contributed by atoms with van der Waals surface area (Å²) < 4.78 is 20.6. The van der Waals surface area contributed by atoms with E-state index in [9.17, 15) is 4.79 Å². The summed E-state index contributed by atoms with van der Waals surface area (Å²) in [5.74, 6) is 1.04. The number of halogens is 1. The van der Waals surface area contributed by atoms with Crippen molar-refractivity contribution in [1.82, 2.24) is 10.2 Å². The highest BCUT2D eigenvalue weighted by Gasteiger charge is 2.42. The van der Waals surface area contributed by atoms with Crippen LogP contribution in [0.25, 0.3) is 0 Å². The van der Waals surface area contributed by atoms with E-state index >= 15 is 4.39 Å². The Morgan fingerprint density at radius 1 is 1.19 bits per heavy atom. The van der Waals surface area contributed by atoms with Crippen LogP contribution in [-0.4, -0.2) is 48.9 Å². The van der Waals surface area contributed by atoms with Crippen LogP contribution in [0.1, 0.15) is 56.4 Å². The number of rotatable bonds is 6. The minimum absolute atomic E-state index is 0.261. The maximum atomic E-state index is 15.1. The molecule has 1 saturated heterocycles. The first kappa shape index (κ1) is 18.7. The highest BCUT2D eigenvalue weighted by atomic mass is 19.1. The minimum atomic E-state index is -1.22. The fraction of sp³-hybridized carbons (Fsp3) is 0.682. The Kier molecular flexibility index (Phi) is 5.67. The Labute approximate surface area is 161 Å². The van der Waals surface area contributed by atoms with Crippen LogP contribution in [0.3, 0.4) is 0 Å². The average Bonchev–Trinajstić information content (AvgIpc) is 3.29. The van der Waals surface area contributed by atoms with Crippen LogP contribution in [0.4, 0.5) is 9.18 Å². The summed E-state index contributed by atoms with van der Waals surface area (Å²) in [6, 6.07) is 10.8. The van der Waals surface area contributed by atoms with E-state index in [1.807, 2.05) is 6.07 Å². The molecular formula is C22H31FN2O2. The third kappa shape index (κ3) is 4.81. The topological polar surface area (TPSA) is 41.6 Å². The molecule has 2 saturated carbocycles. The van der Waals surface area contributed by atoms with Gasteiger partial charge < -0.3 is 15.0 Å². The molecule has 1 heterocycles. The molecule has 2 atom stereocenters. The molecular weight excluding hydrogens is 343 g/mol. The zero-order valence-electron chi connectivity index (χ0n) is 16.0.